The van der Waals surface area contributed by atoms with Crippen LogP contribution in [0.2, 0.25) is 0 Å². The lowest BCUT2D eigenvalue weighted by Crippen LogP contribution is -2.13. The Labute approximate surface area is 176 Å². The summed E-state index contributed by atoms with van der Waals surface area (Å²) in [5, 5.41) is 2.89. The fraction of sp³-hybridized carbons (Fsp3) is 0.160. The zero-order valence-corrected chi connectivity index (χ0v) is 17.0. The first-order valence-electron chi connectivity index (χ1n) is 9.70. The highest BCUT2D eigenvalue weighted by molar-refractivity contribution is 6.05. The lowest BCUT2D eigenvalue weighted by atomic mass is 10.2. The molecule has 1 amide bonds. The van der Waals surface area contributed by atoms with E-state index < -0.39 is 0 Å². The van der Waals surface area contributed by atoms with Crippen LogP contribution >= 0.6 is 0 Å². The van der Waals surface area contributed by atoms with Crippen molar-refractivity contribution in [3.05, 3.63) is 96.6 Å². The minimum atomic E-state index is -0.222. The van der Waals surface area contributed by atoms with Gasteiger partial charge in [-0.1, -0.05) is 36.9 Å². The van der Waals surface area contributed by atoms with Gasteiger partial charge >= 0.3 is 0 Å². The van der Waals surface area contributed by atoms with Gasteiger partial charge < -0.3 is 19.5 Å². The fourth-order valence-electron chi connectivity index (χ4n) is 2.63. The van der Waals surface area contributed by atoms with E-state index in [1.165, 1.54) is 0 Å². The van der Waals surface area contributed by atoms with Crippen molar-refractivity contribution in [3.8, 4) is 17.2 Å². The number of anilines is 1. The Bertz CT molecular complexity index is 968. The monoisotopic (exact) mass is 403 g/mol. The Morgan fingerprint density at radius 2 is 1.40 bits per heavy atom. The van der Waals surface area contributed by atoms with E-state index in [0.717, 1.165) is 11.3 Å². The lowest BCUT2D eigenvalue weighted by Gasteiger charge is -2.13. The smallest absolute Gasteiger partial charge is 0.255 e. The summed E-state index contributed by atoms with van der Waals surface area (Å²) in [5.74, 6) is 1.86. The molecule has 30 heavy (non-hydrogen) atoms. The van der Waals surface area contributed by atoms with Crippen LogP contribution in [0.25, 0.3) is 0 Å². The lowest BCUT2D eigenvalue weighted by molar-refractivity contribution is 0.102. The molecule has 0 radical (unpaired) electrons. The van der Waals surface area contributed by atoms with E-state index in [1.54, 1.807) is 30.3 Å². The first kappa shape index (κ1) is 21.0. The highest BCUT2D eigenvalue weighted by atomic mass is 16.5. The van der Waals surface area contributed by atoms with Crippen LogP contribution in [0.5, 0.6) is 17.2 Å². The van der Waals surface area contributed by atoms with Gasteiger partial charge in [-0.05, 0) is 61.0 Å². The second-order valence-corrected chi connectivity index (χ2v) is 6.73. The maximum atomic E-state index is 12.6. The van der Waals surface area contributed by atoms with Crippen molar-refractivity contribution < 1.29 is 19.0 Å². The Hall–Kier alpha value is -3.73. The van der Waals surface area contributed by atoms with Gasteiger partial charge in [-0.2, -0.15) is 0 Å². The first-order chi connectivity index (χ1) is 14.6. The number of para-hydroxylation sites is 3. The second kappa shape index (κ2) is 10.7. The molecule has 0 bridgehead atoms. The molecule has 0 aliphatic heterocycles. The predicted molar refractivity (Wildman–Crippen MR) is 119 cm³/mol. The van der Waals surface area contributed by atoms with Crippen molar-refractivity contribution in [1.82, 2.24) is 0 Å². The molecule has 0 heterocycles. The van der Waals surface area contributed by atoms with Crippen LogP contribution in [0.4, 0.5) is 5.69 Å². The van der Waals surface area contributed by atoms with Crippen molar-refractivity contribution in [2.75, 3.05) is 25.1 Å². The van der Waals surface area contributed by atoms with E-state index in [0.29, 0.717) is 42.6 Å². The van der Waals surface area contributed by atoms with Crippen LogP contribution in [0.3, 0.4) is 0 Å². The molecule has 0 atom stereocenters. The summed E-state index contributed by atoms with van der Waals surface area (Å²) in [6.07, 6.45) is 0. The Morgan fingerprint density at radius 3 is 2.07 bits per heavy atom. The van der Waals surface area contributed by atoms with Gasteiger partial charge in [0, 0.05) is 5.56 Å². The van der Waals surface area contributed by atoms with Crippen LogP contribution in [0.1, 0.15) is 17.3 Å². The Morgan fingerprint density at radius 1 is 0.800 bits per heavy atom. The summed E-state index contributed by atoms with van der Waals surface area (Å²) in [6.45, 7) is 6.96. The zero-order chi connectivity index (χ0) is 21.2. The number of amides is 1. The third-order valence-corrected chi connectivity index (χ3v) is 4.09. The van der Waals surface area contributed by atoms with E-state index in [-0.39, 0.29) is 5.91 Å². The van der Waals surface area contributed by atoms with Crippen LogP contribution in [-0.2, 0) is 0 Å². The molecule has 0 unspecified atom stereocenters. The minimum Gasteiger partial charge on any atom is -0.490 e. The molecular weight excluding hydrogens is 378 g/mol. The topological polar surface area (TPSA) is 56.8 Å². The molecule has 0 aromatic heterocycles. The molecule has 3 aromatic rings. The quantitative estimate of drug-likeness (QED) is 0.366. The largest absolute Gasteiger partial charge is 0.490 e. The van der Waals surface area contributed by atoms with Gasteiger partial charge in [0.1, 0.15) is 37.1 Å². The number of ether oxygens (including phenoxy) is 3. The normalized spacial score (nSPS) is 10.2. The molecule has 1 N–H and O–H groups in total. The maximum Gasteiger partial charge on any atom is 0.255 e. The third kappa shape index (κ3) is 6.41. The molecule has 154 valence electrons. The second-order valence-electron chi connectivity index (χ2n) is 6.73. The van der Waals surface area contributed by atoms with Gasteiger partial charge in [0.25, 0.3) is 5.91 Å². The molecule has 5 heteroatoms. The van der Waals surface area contributed by atoms with Crippen LogP contribution in [0.15, 0.2) is 91.0 Å². The number of nitrogens with one attached hydrogen (secondary N) is 1. The van der Waals surface area contributed by atoms with Crippen molar-refractivity contribution in [2.24, 2.45) is 0 Å². The summed E-state index contributed by atoms with van der Waals surface area (Å²) < 4.78 is 17.0. The fourth-order valence-corrected chi connectivity index (χ4v) is 2.63. The molecule has 3 rings (SSSR count). The average Bonchev–Trinajstić information content (AvgIpc) is 2.77. The molecule has 0 fully saturated rings. The number of hydrogen-bond donors (Lipinski definition) is 1. The molecule has 0 aliphatic carbocycles. The molecule has 0 aliphatic rings. The van der Waals surface area contributed by atoms with Crippen molar-refractivity contribution in [2.45, 2.75) is 6.92 Å². The van der Waals surface area contributed by atoms with E-state index >= 15 is 0 Å². The predicted octanol–water partition coefficient (Wildman–Crippen LogP) is 5.35. The molecule has 0 saturated heterocycles. The van der Waals surface area contributed by atoms with E-state index in [1.807, 2.05) is 55.5 Å². The zero-order valence-electron chi connectivity index (χ0n) is 17.0. The molecular formula is C25H25NO4. The van der Waals surface area contributed by atoms with Gasteiger partial charge in [0.05, 0.1) is 5.69 Å². The van der Waals surface area contributed by atoms with E-state index in [9.17, 15) is 4.79 Å². The van der Waals surface area contributed by atoms with E-state index in [2.05, 4.69) is 11.9 Å². The van der Waals surface area contributed by atoms with Gasteiger partial charge in [0.15, 0.2) is 0 Å². The number of benzene rings is 3. The van der Waals surface area contributed by atoms with Gasteiger partial charge in [-0.3, -0.25) is 4.79 Å². The summed E-state index contributed by atoms with van der Waals surface area (Å²) in [7, 11) is 0. The summed E-state index contributed by atoms with van der Waals surface area (Å²) >= 11 is 0. The molecule has 0 spiro atoms. The number of rotatable bonds is 10. The number of carbonyl (C=O) groups is 1. The van der Waals surface area contributed by atoms with Gasteiger partial charge in [0.2, 0.25) is 0 Å². The summed E-state index contributed by atoms with van der Waals surface area (Å²) in [6, 6.07) is 23.9. The van der Waals surface area contributed by atoms with Gasteiger partial charge in [-0.15, -0.1) is 0 Å². The first-order valence-corrected chi connectivity index (χ1v) is 9.70. The highest BCUT2D eigenvalue weighted by Crippen LogP contribution is 2.25. The Balaban J connectivity index is 1.51. The molecule has 3 aromatic carbocycles. The Kier molecular flexibility index (Phi) is 7.50. The third-order valence-electron chi connectivity index (χ3n) is 4.09. The van der Waals surface area contributed by atoms with Gasteiger partial charge in [-0.25, -0.2) is 0 Å². The van der Waals surface area contributed by atoms with Crippen LogP contribution in [-0.4, -0.2) is 25.7 Å². The molecule has 5 nitrogen and oxygen atoms in total. The number of hydrogen-bond acceptors (Lipinski definition) is 4. The van der Waals surface area contributed by atoms with Crippen LogP contribution in [0, 0.1) is 0 Å². The standard InChI is InChI=1S/C25H25NO4/c1-19(2)18-30-24-11-7-6-10-23(24)26-25(27)20-12-14-22(15-13-20)29-17-16-28-21-8-4-3-5-9-21/h3-15H,1,16-18H2,2H3,(H,26,27). The summed E-state index contributed by atoms with van der Waals surface area (Å²) in [4.78, 5) is 12.6. The molecule has 0 saturated carbocycles. The SMILES string of the molecule is C=C(C)COc1ccccc1NC(=O)c1ccc(OCCOc2ccccc2)cc1. The van der Waals surface area contributed by atoms with Crippen molar-refractivity contribution in [3.63, 3.8) is 0 Å². The van der Waals surface area contributed by atoms with Crippen LogP contribution < -0.4 is 19.5 Å². The maximum absolute atomic E-state index is 12.6. The minimum absolute atomic E-state index is 0.222. The van der Waals surface area contributed by atoms with Crippen molar-refractivity contribution >= 4 is 11.6 Å². The average molecular weight is 403 g/mol. The summed E-state index contributed by atoms with van der Waals surface area (Å²) in [5.41, 5.74) is 2.04. The highest BCUT2D eigenvalue weighted by Gasteiger charge is 2.10. The van der Waals surface area contributed by atoms with E-state index in [4.69, 9.17) is 14.2 Å². The van der Waals surface area contributed by atoms with Crippen molar-refractivity contribution in [1.29, 1.82) is 0 Å². The number of carbonyl (C=O) groups excluding carboxylic acids is 1.